The SMILES string of the molecule is Cc1cc2nc(C(F)(F)F)n(-c3ccccc3)c2cc1C. The zero-order valence-electron chi connectivity index (χ0n) is 11.6. The highest BCUT2D eigenvalue weighted by Crippen LogP contribution is 2.34. The lowest BCUT2D eigenvalue weighted by atomic mass is 10.1. The van der Waals surface area contributed by atoms with Gasteiger partial charge in [0.2, 0.25) is 5.82 Å². The van der Waals surface area contributed by atoms with E-state index in [1.54, 1.807) is 42.5 Å². The molecule has 3 rings (SSSR count). The fourth-order valence-electron chi connectivity index (χ4n) is 2.36. The number of nitrogens with zero attached hydrogens (tertiary/aromatic N) is 2. The summed E-state index contributed by atoms with van der Waals surface area (Å²) >= 11 is 0. The number of fused-ring (bicyclic) bond motifs is 1. The normalized spacial score (nSPS) is 12.0. The summed E-state index contributed by atoms with van der Waals surface area (Å²) in [6.07, 6.45) is -4.50. The molecule has 2 aromatic carbocycles. The van der Waals surface area contributed by atoms with Crippen molar-refractivity contribution in [2.75, 3.05) is 0 Å². The van der Waals surface area contributed by atoms with Gasteiger partial charge in [-0.15, -0.1) is 0 Å². The fraction of sp³-hybridized carbons (Fsp3) is 0.188. The van der Waals surface area contributed by atoms with Crippen molar-refractivity contribution in [2.45, 2.75) is 20.0 Å². The molecule has 0 N–H and O–H groups in total. The second-order valence-electron chi connectivity index (χ2n) is 5.03. The van der Waals surface area contributed by atoms with Gasteiger partial charge in [-0.3, -0.25) is 4.57 Å². The summed E-state index contributed by atoms with van der Waals surface area (Å²) in [6, 6.07) is 11.9. The second-order valence-corrected chi connectivity index (χ2v) is 5.03. The Hall–Kier alpha value is -2.30. The summed E-state index contributed by atoms with van der Waals surface area (Å²) < 4.78 is 41.0. The van der Waals surface area contributed by atoms with Crippen molar-refractivity contribution in [3.05, 3.63) is 59.4 Å². The zero-order valence-corrected chi connectivity index (χ0v) is 11.6. The Morgan fingerprint density at radius 2 is 1.57 bits per heavy atom. The van der Waals surface area contributed by atoms with Gasteiger partial charge >= 0.3 is 6.18 Å². The Balaban J connectivity index is 2.41. The van der Waals surface area contributed by atoms with Crippen molar-refractivity contribution in [3.63, 3.8) is 0 Å². The highest BCUT2D eigenvalue weighted by atomic mass is 19.4. The predicted octanol–water partition coefficient (Wildman–Crippen LogP) is 4.66. The minimum absolute atomic E-state index is 0.356. The predicted molar refractivity (Wildman–Crippen MR) is 75.5 cm³/mol. The Bertz CT molecular complexity index is 802. The molecule has 5 heteroatoms. The highest BCUT2D eigenvalue weighted by Gasteiger charge is 2.38. The molecule has 0 atom stereocenters. The van der Waals surface area contributed by atoms with E-state index in [9.17, 15) is 13.2 Å². The molecule has 0 saturated carbocycles. The Kier molecular flexibility index (Phi) is 3.01. The summed E-state index contributed by atoms with van der Waals surface area (Å²) in [5.74, 6) is -0.895. The van der Waals surface area contributed by atoms with Crippen LogP contribution in [0.2, 0.25) is 0 Å². The van der Waals surface area contributed by atoms with Gasteiger partial charge in [-0.25, -0.2) is 4.98 Å². The summed E-state index contributed by atoms with van der Waals surface area (Å²) in [5, 5.41) is 0. The van der Waals surface area contributed by atoms with E-state index in [1.165, 1.54) is 4.57 Å². The first-order valence-electron chi connectivity index (χ1n) is 6.50. The number of para-hydroxylation sites is 1. The molecule has 0 radical (unpaired) electrons. The number of hydrogen-bond acceptors (Lipinski definition) is 1. The first kappa shape index (κ1) is 13.7. The standard InChI is InChI=1S/C16H13F3N2/c1-10-8-13-14(9-11(10)2)21(12-6-4-3-5-7-12)15(20-13)16(17,18)19/h3-9H,1-2H3. The number of aryl methyl sites for hydroxylation is 2. The van der Waals surface area contributed by atoms with E-state index in [0.717, 1.165) is 11.1 Å². The van der Waals surface area contributed by atoms with Crippen LogP contribution < -0.4 is 0 Å². The minimum Gasteiger partial charge on any atom is -0.289 e. The molecular formula is C16H13F3N2. The smallest absolute Gasteiger partial charge is 0.289 e. The van der Waals surface area contributed by atoms with Gasteiger partial charge in [0.05, 0.1) is 11.0 Å². The maximum atomic E-state index is 13.3. The number of imidazole rings is 1. The molecule has 0 bridgehead atoms. The largest absolute Gasteiger partial charge is 0.450 e. The van der Waals surface area contributed by atoms with Crippen LogP contribution in [0.1, 0.15) is 17.0 Å². The maximum absolute atomic E-state index is 13.3. The van der Waals surface area contributed by atoms with Gasteiger partial charge < -0.3 is 0 Å². The molecule has 0 aliphatic rings. The lowest BCUT2D eigenvalue weighted by molar-refractivity contribution is -0.145. The van der Waals surface area contributed by atoms with Gasteiger partial charge in [0, 0.05) is 5.69 Å². The third-order valence-corrected chi connectivity index (χ3v) is 3.54. The second kappa shape index (κ2) is 4.62. The monoisotopic (exact) mass is 290 g/mol. The van der Waals surface area contributed by atoms with Crippen LogP contribution in [0, 0.1) is 13.8 Å². The van der Waals surface area contributed by atoms with Gasteiger partial charge in [-0.2, -0.15) is 13.2 Å². The van der Waals surface area contributed by atoms with Crippen LogP contribution in [0.3, 0.4) is 0 Å². The van der Waals surface area contributed by atoms with Crippen LogP contribution in [0.5, 0.6) is 0 Å². The van der Waals surface area contributed by atoms with Crippen LogP contribution in [0.25, 0.3) is 16.7 Å². The number of halogens is 3. The van der Waals surface area contributed by atoms with Gasteiger partial charge in [0.15, 0.2) is 0 Å². The summed E-state index contributed by atoms with van der Waals surface area (Å²) in [7, 11) is 0. The van der Waals surface area contributed by atoms with E-state index in [1.807, 2.05) is 13.8 Å². The lowest BCUT2D eigenvalue weighted by Crippen LogP contribution is -2.13. The number of aromatic nitrogens is 2. The molecule has 1 aromatic heterocycles. The number of alkyl halides is 3. The number of hydrogen-bond donors (Lipinski definition) is 0. The maximum Gasteiger partial charge on any atom is 0.450 e. The molecule has 0 amide bonds. The van der Waals surface area contributed by atoms with E-state index >= 15 is 0 Å². The molecule has 0 aliphatic carbocycles. The van der Waals surface area contributed by atoms with Crippen LogP contribution in [-0.2, 0) is 6.18 Å². The molecule has 3 aromatic rings. The lowest BCUT2D eigenvalue weighted by Gasteiger charge is -2.11. The molecule has 108 valence electrons. The quantitative estimate of drug-likeness (QED) is 0.637. The van der Waals surface area contributed by atoms with Gasteiger partial charge in [0.1, 0.15) is 0 Å². The molecule has 0 unspecified atom stereocenters. The number of rotatable bonds is 1. The topological polar surface area (TPSA) is 17.8 Å². The van der Waals surface area contributed by atoms with Crippen molar-refractivity contribution < 1.29 is 13.2 Å². The van der Waals surface area contributed by atoms with Gasteiger partial charge in [-0.05, 0) is 49.2 Å². The average Bonchev–Trinajstić information content (AvgIpc) is 2.79. The van der Waals surface area contributed by atoms with E-state index in [4.69, 9.17) is 0 Å². The zero-order chi connectivity index (χ0) is 15.2. The summed E-state index contributed by atoms with van der Waals surface area (Å²) in [6.45, 7) is 3.74. The first-order valence-corrected chi connectivity index (χ1v) is 6.50. The average molecular weight is 290 g/mol. The first-order chi connectivity index (χ1) is 9.88. The van der Waals surface area contributed by atoms with Crippen molar-refractivity contribution in [1.82, 2.24) is 9.55 Å². The van der Waals surface area contributed by atoms with Crippen LogP contribution in [-0.4, -0.2) is 9.55 Å². The van der Waals surface area contributed by atoms with Gasteiger partial charge in [0.25, 0.3) is 0 Å². The van der Waals surface area contributed by atoms with E-state index in [2.05, 4.69) is 4.98 Å². The van der Waals surface area contributed by atoms with Gasteiger partial charge in [-0.1, -0.05) is 18.2 Å². The molecule has 0 saturated heterocycles. The molecule has 2 nitrogen and oxygen atoms in total. The highest BCUT2D eigenvalue weighted by molar-refractivity contribution is 5.80. The van der Waals surface area contributed by atoms with Crippen molar-refractivity contribution >= 4 is 11.0 Å². The Morgan fingerprint density at radius 1 is 0.952 bits per heavy atom. The van der Waals surface area contributed by atoms with E-state index < -0.39 is 12.0 Å². The van der Waals surface area contributed by atoms with Crippen molar-refractivity contribution in [1.29, 1.82) is 0 Å². The molecule has 21 heavy (non-hydrogen) atoms. The molecular weight excluding hydrogens is 277 g/mol. The third kappa shape index (κ3) is 2.28. The van der Waals surface area contributed by atoms with Crippen LogP contribution in [0.4, 0.5) is 13.2 Å². The Morgan fingerprint density at radius 3 is 2.19 bits per heavy atom. The Labute approximate surface area is 119 Å². The molecule has 1 heterocycles. The van der Waals surface area contributed by atoms with Crippen molar-refractivity contribution in [2.24, 2.45) is 0 Å². The van der Waals surface area contributed by atoms with Crippen molar-refractivity contribution in [3.8, 4) is 5.69 Å². The summed E-state index contributed by atoms with van der Waals surface area (Å²) in [4.78, 5) is 3.80. The number of benzene rings is 2. The third-order valence-electron chi connectivity index (χ3n) is 3.54. The van der Waals surface area contributed by atoms with E-state index in [0.29, 0.717) is 16.7 Å². The van der Waals surface area contributed by atoms with E-state index in [-0.39, 0.29) is 0 Å². The molecule has 0 spiro atoms. The van der Waals surface area contributed by atoms with Crippen LogP contribution >= 0.6 is 0 Å². The minimum atomic E-state index is -4.50. The summed E-state index contributed by atoms with van der Waals surface area (Å²) in [5.41, 5.74) is 3.14. The molecule has 0 fully saturated rings. The molecule has 0 aliphatic heterocycles. The fourth-order valence-corrected chi connectivity index (χ4v) is 2.36. The van der Waals surface area contributed by atoms with Crippen LogP contribution in [0.15, 0.2) is 42.5 Å².